The van der Waals surface area contributed by atoms with Crippen molar-refractivity contribution in [3.05, 3.63) is 16.1 Å². The first kappa shape index (κ1) is 13.1. The number of rotatable bonds is 3. The summed E-state index contributed by atoms with van der Waals surface area (Å²) < 4.78 is 0. The summed E-state index contributed by atoms with van der Waals surface area (Å²) in [7, 11) is 0. The molecule has 2 fully saturated rings. The summed E-state index contributed by atoms with van der Waals surface area (Å²) in [6.07, 6.45) is 7.76. The Kier molecular flexibility index (Phi) is 3.84. The van der Waals surface area contributed by atoms with Crippen LogP contribution in [0.25, 0.3) is 0 Å². The van der Waals surface area contributed by atoms with Crippen molar-refractivity contribution in [1.29, 1.82) is 0 Å². The number of nitrogens with zero attached hydrogens (tertiary/aromatic N) is 2. The van der Waals surface area contributed by atoms with E-state index in [1.165, 1.54) is 37.0 Å². The van der Waals surface area contributed by atoms with Gasteiger partial charge in [0, 0.05) is 17.3 Å². The standard InChI is InChI=1S/C14H20N2O2S/c17-14(18)12-9-19-13(15-12)10-5-7-16(8-6-10)11-3-1-2-4-11/h9-11H,1-8H2,(H,17,18). The summed E-state index contributed by atoms with van der Waals surface area (Å²) in [5.74, 6) is -0.443. The Morgan fingerprint density at radius 2 is 1.95 bits per heavy atom. The maximum Gasteiger partial charge on any atom is 0.355 e. The zero-order valence-corrected chi connectivity index (χ0v) is 11.9. The summed E-state index contributed by atoms with van der Waals surface area (Å²) in [6.45, 7) is 2.30. The van der Waals surface area contributed by atoms with E-state index < -0.39 is 5.97 Å². The smallest absolute Gasteiger partial charge is 0.355 e. The molecule has 104 valence electrons. The molecule has 1 saturated carbocycles. The molecule has 2 heterocycles. The molecular formula is C14H20N2O2S. The molecule has 0 amide bonds. The van der Waals surface area contributed by atoms with Crippen LogP contribution in [0, 0.1) is 0 Å². The predicted octanol–water partition coefficient (Wildman–Crippen LogP) is 2.96. The summed E-state index contributed by atoms with van der Waals surface area (Å²) in [5, 5.41) is 11.6. The number of carboxylic acid groups (broad SMARTS) is 1. The van der Waals surface area contributed by atoms with Gasteiger partial charge in [0.2, 0.25) is 0 Å². The van der Waals surface area contributed by atoms with Crippen molar-refractivity contribution >= 4 is 17.3 Å². The van der Waals surface area contributed by atoms with Gasteiger partial charge in [-0.2, -0.15) is 0 Å². The quantitative estimate of drug-likeness (QED) is 0.925. The minimum Gasteiger partial charge on any atom is -0.476 e. The molecule has 4 nitrogen and oxygen atoms in total. The van der Waals surface area contributed by atoms with Crippen LogP contribution in [0.3, 0.4) is 0 Å². The van der Waals surface area contributed by atoms with Crippen LogP contribution in [-0.4, -0.2) is 40.1 Å². The lowest BCUT2D eigenvalue weighted by Crippen LogP contribution is -2.39. The molecule has 0 spiro atoms. The third-order valence-electron chi connectivity index (χ3n) is 4.46. The Balaban J connectivity index is 1.58. The molecule has 1 aromatic rings. The molecule has 0 aromatic carbocycles. The molecule has 1 aliphatic heterocycles. The molecular weight excluding hydrogens is 260 g/mol. The van der Waals surface area contributed by atoms with Gasteiger partial charge in [-0.3, -0.25) is 0 Å². The highest BCUT2D eigenvalue weighted by atomic mass is 32.1. The number of thiazole rings is 1. The summed E-state index contributed by atoms with van der Waals surface area (Å²) >= 11 is 1.51. The van der Waals surface area contributed by atoms with Crippen molar-refractivity contribution in [3.63, 3.8) is 0 Å². The number of carboxylic acids is 1. The molecule has 1 saturated heterocycles. The van der Waals surface area contributed by atoms with Crippen LogP contribution in [0.5, 0.6) is 0 Å². The third-order valence-corrected chi connectivity index (χ3v) is 5.47. The average molecular weight is 280 g/mol. The maximum atomic E-state index is 10.9. The molecule has 0 bridgehead atoms. The van der Waals surface area contributed by atoms with E-state index in [9.17, 15) is 4.79 Å². The zero-order valence-electron chi connectivity index (χ0n) is 11.0. The maximum absolute atomic E-state index is 10.9. The molecule has 3 rings (SSSR count). The molecule has 0 unspecified atom stereocenters. The van der Waals surface area contributed by atoms with E-state index in [1.54, 1.807) is 5.38 Å². The minimum absolute atomic E-state index is 0.207. The Bertz CT molecular complexity index is 446. The lowest BCUT2D eigenvalue weighted by molar-refractivity contribution is 0.0691. The first-order chi connectivity index (χ1) is 9.24. The molecule has 1 aromatic heterocycles. The highest BCUT2D eigenvalue weighted by molar-refractivity contribution is 7.09. The number of piperidine rings is 1. The monoisotopic (exact) mass is 280 g/mol. The molecule has 0 radical (unpaired) electrons. The van der Waals surface area contributed by atoms with Gasteiger partial charge in [-0.05, 0) is 38.8 Å². The molecule has 2 aliphatic rings. The van der Waals surface area contributed by atoms with Gasteiger partial charge < -0.3 is 10.0 Å². The summed E-state index contributed by atoms with van der Waals surface area (Å²) in [5.41, 5.74) is 0.207. The van der Waals surface area contributed by atoms with Gasteiger partial charge in [0.1, 0.15) is 0 Å². The van der Waals surface area contributed by atoms with E-state index in [2.05, 4.69) is 9.88 Å². The van der Waals surface area contributed by atoms with Crippen molar-refractivity contribution in [2.75, 3.05) is 13.1 Å². The molecule has 1 N–H and O–H groups in total. The van der Waals surface area contributed by atoms with Crippen molar-refractivity contribution < 1.29 is 9.90 Å². The number of hydrogen-bond acceptors (Lipinski definition) is 4. The predicted molar refractivity (Wildman–Crippen MR) is 74.9 cm³/mol. The Morgan fingerprint density at radius 3 is 2.53 bits per heavy atom. The summed E-state index contributed by atoms with van der Waals surface area (Å²) in [4.78, 5) is 17.7. The Labute approximate surface area is 117 Å². The highest BCUT2D eigenvalue weighted by Gasteiger charge is 2.29. The lowest BCUT2D eigenvalue weighted by atomic mass is 9.96. The fourth-order valence-corrected chi connectivity index (χ4v) is 4.32. The third kappa shape index (κ3) is 2.82. The second-order valence-corrected chi connectivity index (χ2v) is 6.51. The Morgan fingerprint density at radius 1 is 1.26 bits per heavy atom. The van der Waals surface area contributed by atoms with Crippen LogP contribution in [-0.2, 0) is 0 Å². The average Bonchev–Trinajstić information content (AvgIpc) is 3.11. The van der Waals surface area contributed by atoms with Gasteiger partial charge in [-0.1, -0.05) is 12.8 Å². The lowest BCUT2D eigenvalue weighted by Gasteiger charge is -2.35. The van der Waals surface area contributed by atoms with E-state index >= 15 is 0 Å². The van der Waals surface area contributed by atoms with Crippen molar-refractivity contribution in [2.45, 2.75) is 50.5 Å². The van der Waals surface area contributed by atoms with Crippen molar-refractivity contribution in [2.24, 2.45) is 0 Å². The second kappa shape index (κ2) is 5.59. The molecule has 0 atom stereocenters. The second-order valence-electron chi connectivity index (χ2n) is 5.62. The van der Waals surface area contributed by atoms with Crippen molar-refractivity contribution in [3.8, 4) is 0 Å². The van der Waals surface area contributed by atoms with Crippen LogP contribution in [0.1, 0.15) is 59.9 Å². The van der Waals surface area contributed by atoms with Gasteiger partial charge in [0.25, 0.3) is 0 Å². The van der Waals surface area contributed by atoms with E-state index in [-0.39, 0.29) is 5.69 Å². The van der Waals surface area contributed by atoms with E-state index in [4.69, 9.17) is 5.11 Å². The largest absolute Gasteiger partial charge is 0.476 e. The minimum atomic E-state index is -0.911. The zero-order chi connectivity index (χ0) is 13.2. The SMILES string of the molecule is O=C(O)c1csc(C2CCN(C3CCCC3)CC2)n1. The van der Waals surface area contributed by atoms with E-state index in [1.807, 2.05) is 0 Å². The number of hydrogen-bond donors (Lipinski definition) is 1. The normalized spacial score (nSPS) is 22.9. The van der Waals surface area contributed by atoms with E-state index in [0.717, 1.165) is 37.0 Å². The van der Waals surface area contributed by atoms with Crippen LogP contribution < -0.4 is 0 Å². The number of likely N-dealkylation sites (tertiary alicyclic amines) is 1. The van der Waals surface area contributed by atoms with E-state index in [0.29, 0.717) is 5.92 Å². The number of aromatic nitrogens is 1. The van der Waals surface area contributed by atoms with Crippen LogP contribution in [0.15, 0.2) is 5.38 Å². The topological polar surface area (TPSA) is 53.4 Å². The highest BCUT2D eigenvalue weighted by Crippen LogP contribution is 2.33. The van der Waals surface area contributed by atoms with Gasteiger partial charge in [0.05, 0.1) is 5.01 Å². The van der Waals surface area contributed by atoms with Gasteiger partial charge in [-0.15, -0.1) is 11.3 Å². The molecule has 5 heteroatoms. The molecule has 1 aliphatic carbocycles. The van der Waals surface area contributed by atoms with Gasteiger partial charge in [0.15, 0.2) is 5.69 Å². The fourth-order valence-electron chi connectivity index (χ4n) is 3.35. The van der Waals surface area contributed by atoms with Crippen molar-refractivity contribution in [1.82, 2.24) is 9.88 Å². The summed E-state index contributed by atoms with van der Waals surface area (Å²) in [6, 6.07) is 0.812. The van der Waals surface area contributed by atoms with Crippen LogP contribution in [0.4, 0.5) is 0 Å². The first-order valence-electron chi connectivity index (χ1n) is 7.17. The molecule has 19 heavy (non-hydrogen) atoms. The fraction of sp³-hybridized carbons (Fsp3) is 0.714. The van der Waals surface area contributed by atoms with Crippen LogP contribution >= 0.6 is 11.3 Å². The first-order valence-corrected chi connectivity index (χ1v) is 8.05. The Hall–Kier alpha value is -0.940. The van der Waals surface area contributed by atoms with Gasteiger partial charge >= 0.3 is 5.97 Å². The van der Waals surface area contributed by atoms with Crippen LogP contribution in [0.2, 0.25) is 0 Å². The number of aromatic carboxylic acids is 1. The van der Waals surface area contributed by atoms with Gasteiger partial charge in [-0.25, -0.2) is 9.78 Å². The number of carbonyl (C=O) groups is 1.